The summed E-state index contributed by atoms with van der Waals surface area (Å²) in [7, 11) is 0. The fraction of sp³-hybridized carbons (Fsp3) is 0.227. The number of anilines is 1. The number of halogens is 2. The highest BCUT2D eigenvalue weighted by atomic mass is 79.9. The van der Waals surface area contributed by atoms with Crippen LogP contribution in [-0.4, -0.2) is 28.1 Å². The molecule has 0 fully saturated rings. The first-order valence-corrected chi connectivity index (χ1v) is 10.9. The smallest absolute Gasteiger partial charge is 0.412 e. The van der Waals surface area contributed by atoms with Crippen molar-refractivity contribution in [1.82, 2.24) is 0 Å². The zero-order valence-electron chi connectivity index (χ0n) is 16.6. The number of carboxylic acid groups (broad SMARTS) is 1. The summed E-state index contributed by atoms with van der Waals surface area (Å²) < 4.78 is 6.71. The van der Waals surface area contributed by atoms with E-state index in [0.717, 1.165) is 6.08 Å². The van der Waals surface area contributed by atoms with Gasteiger partial charge in [0.2, 0.25) is 0 Å². The van der Waals surface area contributed by atoms with Gasteiger partial charge in [-0.2, -0.15) is 0 Å². The fourth-order valence-electron chi connectivity index (χ4n) is 2.78. The van der Waals surface area contributed by atoms with Crippen LogP contribution in [0.15, 0.2) is 57.5 Å². The number of phenols is 1. The fourth-order valence-corrected chi connectivity index (χ4v) is 4.04. The van der Waals surface area contributed by atoms with Crippen LogP contribution in [0.25, 0.3) is 0 Å². The van der Waals surface area contributed by atoms with Crippen molar-refractivity contribution in [1.29, 1.82) is 0 Å². The van der Waals surface area contributed by atoms with E-state index >= 15 is 0 Å². The molecule has 2 aromatic carbocycles. The van der Waals surface area contributed by atoms with Gasteiger partial charge >= 0.3 is 12.1 Å². The minimum absolute atomic E-state index is 0.0483. The van der Waals surface area contributed by atoms with Crippen molar-refractivity contribution in [2.45, 2.75) is 32.3 Å². The van der Waals surface area contributed by atoms with Crippen LogP contribution in [0.5, 0.6) is 5.75 Å². The Morgan fingerprint density at radius 1 is 1.16 bits per heavy atom. The van der Waals surface area contributed by atoms with E-state index in [0.29, 0.717) is 45.0 Å². The standard InChI is InChI=1S/C22H21Br2NO6/c1-13(26)14-7-9-16(10-8-14)25-22(30)31-19(5-3-2-4-6-20(27)28)17-11-15(23)12-18(24)21(17)29/h4,6-12,19,29H,2-3,5H2,1H3,(H,25,30)(H,27,28)/b6-4+/t19-/m1/s1. The molecule has 0 unspecified atom stereocenters. The second-order valence-electron chi connectivity index (χ2n) is 6.65. The van der Waals surface area contributed by atoms with Gasteiger partial charge in [-0.15, -0.1) is 0 Å². The number of aliphatic carboxylic acids is 1. The Hall–Kier alpha value is -2.65. The molecule has 0 aliphatic heterocycles. The summed E-state index contributed by atoms with van der Waals surface area (Å²) >= 11 is 6.63. The molecule has 0 saturated carbocycles. The number of unbranched alkanes of at least 4 members (excludes halogenated alkanes) is 1. The van der Waals surface area contributed by atoms with Crippen LogP contribution in [0.4, 0.5) is 10.5 Å². The zero-order valence-corrected chi connectivity index (χ0v) is 19.8. The number of hydrogen-bond acceptors (Lipinski definition) is 5. The van der Waals surface area contributed by atoms with E-state index in [2.05, 4.69) is 37.2 Å². The first kappa shape index (κ1) is 24.6. The molecule has 0 heterocycles. The molecule has 1 amide bonds. The van der Waals surface area contributed by atoms with Gasteiger partial charge in [-0.05, 0) is 78.5 Å². The Morgan fingerprint density at radius 2 is 1.84 bits per heavy atom. The lowest BCUT2D eigenvalue weighted by Crippen LogP contribution is -2.18. The van der Waals surface area contributed by atoms with E-state index < -0.39 is 18.2 Å². The third kappa shape index (κ3) is 7.84. The summed E-state index contributed by atoms with van der Waals surface area (Å²) in [6.45, 7) is 1.45. The number of hydrogen-bond donors (Lipinski definition) is 3. The highest BCUT2D eigenvalue weighted by Gasteiger charge is 2.22. The van der Waals surface area contributed by atoms with Gasteiger partial charge in [0, 0.05) is 27.4 Å². The predicted molar refractivity (Wildman–Crippen MR) is 123 cm³/mol. The van der Waals surface area contributed by atoms with Crippen LogP contribution < -0.4 is 5.32 Å². The number of rotatable bonds is 9. The number of benzene rings is 2. The Balaban J connectivity index is 2.14. The summed E-state index contributed by atoms with van der Waals surface area (Å²) in [5.41, 5.74) is 1.39. The number of amides is 1. The van der Waals surface area contributed by atoms with Crippen molar-refractivity contribution in [2.24, 2.45) is 0 Å². The molecule has 0 aliphatic carbocycles. The van der Waals surface area contributed by atoms with Gasteiger partial charge in [0.15, 0.2) is 5.78 Å². The summed E-state index contributed by atoms with van der Waals surface area (Å²) in [5, 5.41) is 21.7. The summed E-state index contributed by atoms with van der Waals surface area (Å²) in [6, 6.07) is 9.71. The monoisotopic (exact) mass is 553 g/mol. The van der Waals surface area contributed by atoms with E-state index in [1.165, 1.54) is 13.0 Å². The molecule has 2 rings (SSSR count). The number of Topliss-reactive ketones (excluding diaryl/α,β-unsaturated/α-hetero) is 1. The Bertz CT molecular complexity index is 988. The van der Waals surface area contributed by atoms with E-state index in [9.17, 15) is 19.5 Å². The molecule has 0 bridgehead atoms. The van der Waals surface area contributed by atoms with Crippen LogP contribution in [0.3, 0.4) is 0 Å². The summed E-state index contributed by atoms with van der Waals surface area (Å²) in [6.07, 6.45) is 2.43. The lowest BCUT2D eigenvalue weighted by Gasteiger charge is -2.20. The second-order valence-corrected chi connectivity index (χ2v) is 8.42. The molecule has 0 aromatic heterocycles. The third-order valence-electron chi connectivity index (χ3n) is 4.29. The molecule has 0 radical (unpaired) electrons. The van der Waals surface area contributed by atoms with Gasteiger partial charge in [-0.1, -0.05) is 22.0 Å². The van der Waals surface area contributed by atoms with E-state index in [1.807, 2.05) is 0 Å². The van der Waals surface area contributed by atoms with Crippen LogP contribution in [-0.2, 0) is 9.53 Å². The lowest BCUT2D eigenvalue weighted by molar-refractivity contribution is -0.131. The molecular formula is C22H21Br2NO6. The lowest BCUT2D eigenvalue weighted by atomic mass is 10.0. The predicted octanol–water partition coefficient (Wildman–Crippen LogP) is 6.22. The van der Waals surface area contributed by atoms with Crippen LogP contribution in [0, 0.1) is 0 Å². The number of carbonyl (C=O) groups is 3. The Labute approximate surface area is 196 Å². The van der Waals surface area contributed by atoms with Crippen molar-refractivity contribution >= 4 is 55.4 Å². The molecule has 0 aliphatic rings. The largest absolute Gasteiger partial charge is 0.506 e. The van der Waals surface area contributed by atoms with Gasteiger partial charge in [0.25, 0.3) is 0 Å². The van der Waals surface area contributed by atoms with Crippen molar-refractivity contribution in [3.63, 3.8) is 0 Å². The number of carboxylic acids is 1. The average Bonchev–Trinajstić information content (AvgIpc) is 2.69. The maximum atomic E-state index is 12.5. The maximum Gasteiger partial charge on any atom is 0.412 e. The second kappa shape index (κ2) is 11.7. The van der Waals surface area contributed by atoms with E-state index in [1.54, 1.807) is 36.4 Å². The van der Waals surface area contributed by atoms with E-state index in [4.69, 9.17) is 9.84 Å². The molecule has 164 valence electrons. The topological polar surface area (TPSA) is 113 Å². The van der Waals surface area contributed by atoms with Crippen molar-refractivity contribution in [2.75, 3.05) is 5.32 Å². The van der Waals surface area contributed by atoms with Crippen molar-refractivity contribution in [3.05, 3.63) is 68.6 Å². The molecular weight excluding hydrogens is 534 g/mol. The molecule has 3 N–H and O–H groups in total. The maximum absolute atomic E-state index is 12.5. The molecule has 7 nitrogen and oxygen atoms in total. The number of ether oxygens (including phenoxy) is 1. The van der Waals surface area contributed by atoms with Crippen LogP contribution in [0.1, 0.15) is 48.2 Å². The number of aromatic hydroxyl groups is 1. The van der Waals surface area contributed by atoms with Gasteiger partial charge in [0.1, 0.15) is 11.9 Å². The zero-order chi connectivity index (χ0) is 23.0. The normalized spacial score (nSPS) is 11.8. The molecule has 9 heteroatoms. The van der Waals surface area contributed by atoms with Gasteiger partial charge < -0.3 is 14.9 Å². The summed E-state index contributed by atoms with van der Waals surface area (Å²) in [5.74, 6) is -1.16. The van der Waals surface area contributed by atoms with Gasteiger partial charge in [0.05, 0.1) is 4.47 Å². The number of nitrogens with one attached hydrogen (secondary N) is 1. The number of phenolic OH excluding ortho intramolecular Hbond substituents is 1. The van der Waals surface area contributed by atoms with Crippen LogP contribution >= 0.6 is 31.9 Å². The highest BCUT2D eigenvalue weighted by molar-refractivity contribution is 9.11. The summed E-state index contributed by atoms with van der Waals surface area (Å²) in [4.78, 5) is 34.4. The minimum atomic E-state index is -1.03. The number of allylic oxidation sites excluding steroid dienone is 1. The first-order chi connectivity index (χ1) is 14.7. The molecule has 31 heavy (non-hydrogen) atoms. The number of ketones is 1. The first-order valence-electron chi connectivity index (χ1n) is 9.33. The third-order valence-corrected chi connectivity index (χ3v) is 5.35. The van der Waals surface area contributed by atoms with Crippen molar-refractivity contribution < 1.29 is 29.3 Å². The average molecular weight is 555 g/mol. The number of carbonyl (C=O) groups excluding carboxylic acids is 2. The Kier molecular flexibility index (Phi) is 9.26. The van der Waals surface area contributed by atoms with Crippen LogP contribution in [0.2, 0.25) is 0 Å². The van der Waals surface area contributed by atoms with E-state index in [-0.39, 0.29) is 11.5 Å². The quantitative estimate of drug-likeness (QED) is 0.193. The molecule has 2 aromatic rings. The Morgan fingerprint density at radius 3 is 2.45 bits per heavy atom. The minimum Gasteiger partial charge on any atom is -0.506 e. The van der Waals surface area contributed by atoms with Crippen molar-refractivity contribution in [3.8, 4) is 5.75 Å². The molecule has 0 spiro atoms. The molecule has 1 atom stereocenters. The highest BCUT2D eigenvalue weighted by Crippen LogP contribution is 2.38. The van der Waals surface area contributed by atoms with Gasteiger partial charge in [-0.3, -0.25) is 10.1 Å². The SMILES string of the molecule is CC(=O)c1ccc(NC(=O)O[C@H](CCC/C=C/C(=O)O)c2cc(Br)cc(Br)c2O)cc1. The van der Waals surface area contributed by atoms with Gasteiger partial charge in [-0.25, -0.2) is 9.59 Å². The molecule has 0 saturated heterocycles.